The van der Waals surface area contributed by atoms with Crippen LogP contribution in [0.3, 0.4) is 0 Å². The van der Waals surface area contributed by atoms with E-state index in [2.05, 4.69) is 0 Å². The van der Waals surface area contributed by atoms with Crippen LogP contribution in [0.4, 0.5) is 10.1 Å². The minimum atomic E-state index is -0.877. The molecule has 1 saturated heterocycles. The molecule has 156 valence electrons. The van der Waals surface area contributed by atoms with Crippen LogP contribution < -0.4 is 9.64 Å². The molecule has 0 spiro atoms. The minimum Gasteiger partial charge on any atom is -0.507 e. The lowest BCUT2D eigenvalue weighted by molar-refractivity contribution is -0.132. The zero-order chi connectivity index (χ0) is 22.1. The number of hydrogen-bond acceptors (Lipinski definition) is 4. The summed E-state index contributed by atoms with van der Waals surface area (Å²) in [6.45, 7) is 1.91. The molecule has 4 rings (SSSR count). The number of aliphatic hydroxyl groups is 1. The molecule has 0 aromatic heterocycles. The maximum atomic E-state index is 13.5. The Labute approximate surface area is 179 Å². The largest absolute Gasteiger partial charge is 0.507 e. The molecule has 0 aliphatic carbocycles. The van der Waals surface area contributed by atoms with Crippen LogP contribution in [0.25, 0.3) is 5.76 Å². The van der Waals surface area contributed by atoms with E-state index >= 15 is 0 Å². The Morgan fingerprint density at radius 1 is 0.935 bits per heavy atom. The van der Waals surface area contributed by atoms with Crippen LogP contribution in [0.2, 0.25) is 0 Å². The van der Waals surface area contributed by atoms with E-state index in [1.54, 1.807) is 36.4 Å². The Bertz CT molecular complexity index is 1170. The Morgan fingerprint density at radius 3 is 2.13 bits per heavy atom. The third-order valence-electron chi connectivity index (χ3n) is 5.31. The van der Waals surface area contributed by atoms with Crippen LogP contribution in [0.1, 0.15) is 22.7 Å². The first kappa shape index (κ1) is 20.3. The van der Waals surface area contributed by atoms with Crippen molar-refractivity contribution < 1.29 is 23.8 Å². The lowest BCUT2D eigenvalue weighted by Crippen LogP contribution is -2.29. The van der Waals surface area contributed by atoms with Gasteiger partial charge in [-0.3, -0.25) is 14.5 Å². The highest BCUT2D eigenvalue weighted by molar-refractivity contribution is 6.51. The molecule has 1 aliphatic rings. The van der Waals surface area contributed by atoms with Crippen molar-refractivity contribution in [3.63, 3.8) is 0 Å². The van der Waals surface area contributed by atoms with Crippen molar-refractivity contribution in [2.75, 3.05) is 12.0 Å². The number of ether oxygens (including phenoxy) is 1. The molecule has 0 saturated carbocycles. The van der Waals surface area contributed by atoms with Crippen molar-refractivity contribution in [2.45, 2.75) is 13.0 Å². The van der Waals surface area contributed by atoms with Gasteiger partial charge in [-0.25, -0.2) is 4.39 Å². The number of nitrogens with zero attached hydrogens (tertiary/aromatic N) is 1. The molecule has 3 aromatic carbocycles. The summed E-state index contributed by atoms with van der Waals surface area (Å²) in [5, 5.41) is 11.0. The number of halogens is 1. The second-order valence-corrected chi connectivity index (χ2v) is 7.28. The van der Waals surface area contributed by atoms with E-state index in [9.17, 15) is 19.1 Å². The standard InChI is InChI=1S/C25H20FNO4/c1-15-3-5-17(6-4-15)23(28)21-22(16-7-13-20(31-2)14-8-16)27(25(30)24(21)29)19-11-9-18(26)10-12-19/h3-14,22,28H,1-2H3/b23-21+/t22-/m0/s1. The zero-order valence-corrected chi connectivity index (χ0v) is 17.0. The van der Waals surface area contributed by atoms with Gasteiger partial charge in [0, 0.05) is 11.3 Å². The molecule has 1 aliphatic heterocycles. The molecule has 0 unspecified atom stereocenters. The quantitative estimate of drug-likeness (QED) is 0.377. The van der Waals surface area contributed by atoms with Crippen LogP contribution in [-0.2, 0) is 9.59 Å². The first-order valence-corrected chi connectivity index (χ1v) is 9.68. The molecule has 31 heavy (non-hydrogen) atoms. The van der Waals surface area contributed by atoms with Gasteiger partial charge in [0.1, 0.15) is 17.3 Å². The summed E-state index contributed by atoms with van der Waals surface area (Å²) >= 11 is 0. The summed E-state index contributed by atoms with van der Waals surface area (Å²) in [5.74, 6) is -1.70. The van der Waals surface area contributed by atoms with E-state index in [0.717, 1.165) is 5.56 Å². The molecule has 1 fully saturated rings. The molecule has 0 bridgehead atoms. The fourth-order valence-corrected chi connectivity index (χ4v) is 3.67. The van der Waals surface area contributed by atoms with Gasteiger partial charge in [-0.2, -0.15) is 0 Å². The van der Waals surface area contributed by atoms with E-state index in [1.165, 1.54) is 36.3 Å². The molecular weight excluding hydrogens is 397 g/mol. The second kappa shape index (κ2) is 8.07. The second-order valence-electron chi connectivity index (χ2n) is 7.28. The third kappa shape index (κ3) is 3.68. The first-order chi connectivity index (χ1) is 14.9. The van der Waals surface area contributed by atoms with Crippen molar-refractivity contribution >= 4 is 23.1 Å². The van der Waals surface area contributed by atoms with Crippen LogP contribution in [0.5, 0.6) is 5.75 Å². The molecule has 5 nitrogen and oxygen atoms in total. The summed E-state index contributed by atoms with van der Waals surface area (Å²) in [5.41, 5.74) is 2.37. The number of ketones is 1. The summed E-state index contributed by atoms with van der Waals surface area (Å²) in [4.78, 5) is 27.3. The Balaban J connectivity index is 1.92. The normalized spacial score (nSPS) is 17.8. The fourth-order valence-electron chi connectivity index (χ4n) is 3.67. The Morgan fingerprint density at radius 2 is 1.55 bits per heavy atom. The maximum absolute atomic E-state index is 13.5. The predicted molar refractivity (Wildman–Crippen MR) is 115 cm³/mol. The minimum absolute atomic E-state index is 0.0247. The predicted octanol–water partition coefficient (Wildman–Crippen LogP) is 4.77. The smallest absolute Gasteiger partial charge is 0.300 e. The number of carbonyl (C=O) groups is 2. The molecule has 1 amide bonds. The Kier molecular flexibility index (Phi) is 5.29. The fraction of sp³-hybridized carbons (Fsp3) is 0.120. The highest BCUT2D eigenvalue weighted by Crippen LogP contribution is 2.42. The summed E-state index contributed by atoms with van der Waals surface area (Å²) in [7, 11) is 1.54. The molecule has 1 atom stereocenters. The molecule has 1 heterocycles. The van der Waals surface area contributed by atoms with Crippen LogP contribution in [-0.4, -0.2) is 23.9 Å². The number of Topliss-reactive ketones (excluding diaryl/α,β-unsaturated/α-hetero) is 1. The lowest BCUT2D eigenvalue weighted by atomic mass is 9.95. The van der Waals surface area contributed by atoms with Crippen molar-refractivity contribution in [3.8, 4) is 5.75 Å². The van der Waals surface area contributed by atoms with Crippen LogP contribution in [0, 0.1) is 12.7 Å². The van der Waals surface area contributed by atoms with Crippen molar-refractivity contribution in [1.82, 2.24) is 0 Å². The van der Waals surface area contributed by atoms with E-state index in [4.69, 9.17) is 4.74 Å². The van der Waals surface area contributed by atoms with Gasteiger partial charge in [0.25, 0.3) is 11.7 Å². The monoisotopic (exact) mass is 417 g/mol. The van der Waals surface area contributed by atoms with Gasteiger partial charge < -0.3 is 9.84 Å². The van der Waals surface area contributed by atoms with E-state index in [-0.39, 0.29) is 11.3 Å². The van der Waals surface area contributed by atoms with E-state index in [1.807, 2.05) is 19.1 Å². The van der Waals surface area contributed by atoms with E-state index < -0.39 is 23.5 Å². The molecule has 0 radical (unpaired) electrons. The highest BCUT2D eigenvalue weighted by Gasteiger charge is 2.46. The van der Waals surface area contributed by atoms with Gasteiger partial charge in [0.05, 0.1) is 18.7 Å². The zero-order valence-electron chi connectivity index (χ0n) is 17.0. The summed E-state index contributed by atoms with van der Waals surface area (Å²) in [6, 6.07) is 18.3. The number of aryl methyl sites for hydroxylation is 1. The SMILES string of the molecule is COc1ccc([C@H]2/C(=C(\O)c3ccc(C)cc3)C(=O)C(=O)N2c2ccc(F)cc2)cc1. The highest BCUT2D eigenvalue weighted by atomic mass is 19.1. The number of rotatable bonds is 4. The van der Waals surface area contributed by atoms with Crippen LogP contribution >= 0.6 is 0 Å². The van der Waals surface area contributed by atoms with Gasteiger partial charge in [0.15, 0.2) is 0 Å². The average Bonchev–Trinajstić information content (AvgIpc) is 3.05. The number of carbonyl (C=O) groups excluding carboxylic acids is 2. The number of methoxy groups -OCH3 is 1. The van der Waals surface area contributed by atoms with Gasteiger partial charge in [-0.15, -0.1) is 0 Å². The van der Waals surface area contributed by atoms with E-state index in [0.29, 0.717) is 22.6 Å². The van der Waals surface area contributed by atoms with Gasteiger partial charge in [0.2, 0.25) is 0 Å². The van der Waals surface area contributed by atoms with Crippen molar-refractivity contribution in [1.29, 1.82) is 0 Å². The molecular formula is C25H20FNO4. The number of aliphatic hydroxyl groups excluding tert-OH is 1. The number of anilines is 1. The molecule has 3 aromatic rings. The average molecular weight is 417 g/mol. The lowest BCUT2D eigenvalue weighted by Gasteiger charge is -2.25. The number of benzene rings is 3. The van der Waals surface area contributed by atoms with Gasteiger partial charge in [-0.05, 0) is 48.9 Å². The first-order valence-electron chi connectivity index (χ1n) is 9.68. The van der Waals surface area contributed by atoms with Crippen molar-refractivity contribution in [2.24, 2.45) is 0 Å². The van der Waals surface area contributed by atoms with Gasteiger partial charge in [-0.1, -0.05) is 42.0 Å². The van der Waals surface area contributed by atoms with Gasteiger partial charge >= 0.3 is 0 Å². The Hall–Kier alpha value is -3.93. The van der Waals surface area contributed by atoms with Crippen molar-refractivity contribution in [3.05, 3.63) is 101 Å². The molecule has 6 heteroatoms. The van der Waals surface area contributed by atoms with Crippen LogP contribution in [0.15, 0.2) is 78.4 Å². The maximum Gasteiger partial charge on any atom is 0.300 e. The topological polar surface area (TPSA) is 66.8 Å². The summed E-state index contributed by atoms with van der Waals surface area (Å²) in [6.07, 6.45) is 0. The third-order valence-corrected chi connectivity index (χ3v) is 5.31. The summed E-state index contributed by atoms with van der Waals surface area (Å²) < 4.78 is 18.7. The number of amides is 1. The molecule has 1 N–H and O–H groups in total. The number of hydrogen-bond donors (Lipinski definition) is 1.